The average Bonchev–Trinajstić information content (AvgIpc) is 2.20. The standard InChI is InChI=1S/C11H10ClNO2/c1-2-8-7(6-13)3-4-10(12)9(8)5-11(14)15/h3-4H,2,5H2,1H3,(H,14,15). The maximum Gasteiger partial charge on any atom is 0.307 e. The second-order valence-electron chi connectivity index (χ2n) is 3.09. The van der Waals surface area contributed by atoms with E-state index in [9.17, 15) is 4.79 Å². The molecule has 0 aromatic heterocycles. The van der Waals surface area contributed by atoms with Gasteiger partial charge in [-0.15, -0.1) is 0 Å². The molecule has 0 aliphatic rings. The molecule has 78 valence electrons. The molecule has 0 saturated carbocycles. The van der Waals surface area contributed by atoms with Gasteiger partial charge in [0.05, 0.1) is 18.1 Å². The number of carbonyl (C=O) groups is 1. The van der Waals surface area contributed by atoms with Gasteiger partial charge < -0.3 is 5.11 Å². The fourth-order valence-corrected chi connectivity index (χ4v) is 1.76. The lowest BCUT2D eigenvalue weighted by Gasteiger charge is -2.09. The van der Waals surface area contributed by atoms with E-state index in [0.29, 0.717) is 22.6 Å². The number of hydrogen-bond acceptors (Lipinski definition) is 2. The summed E-state index contributed by atoms with van der Waals surface area (Å²) >= 11 is 5.91. The lowest BCUT2D eigenvalue weighted by molar-refractivity contribution is -0.136. The van der Waals surface area contributed by atoms with Gasteiger partial charge in [0.15, 0.2) is 0 Å². The summed E-state index contributed by atoms with van der Waals surface area (Å²) in [6, 6.07) is 5.22. The van der Waals surface area contributed by atoms with Gasteiger partial charge in [0.2, 0.25) is 0 Å². The Morgan fingerprint density at radius 1 is 1.53 bits per heavy atom. The minimum absolute atomic E-state index is 0.141. The highest BCUT2D eigenvalue weighted by molar-refractivity contribution is 6.31. The molecule has 15 heavy (non-hydrogen) atoms. The zero-order valence-electron chi connectivity index (χ0n) is 8.25. The predicted octanol–water partition coefficient (Wildman–Crippen LogP) is 2.40. The average molecular weight is 224 g/mol. The van der Waals surface area contributed by atoms with Crippen LogP contribution in [0.2, 0.25) is 5.02 Å². The second kappa shape index (κ2) is 4.81. The number of aliphatic carboxylic acids is 1. The van der Waals surface area contributed by atoms with E-state index in [4.69, 9.17) is 22.0 Å². The number of hydrogen-bond donors (Lipinski definition) is 1. The third-order valence-electron chi connectivity index (χ3n) is 2.18. The Kier molecular flexibility index (Phi) is 3.70. The number of halogens is 1. The van der Waals surface area contributed by atoms with Gasteiger partial charge >= 0.3 is 5.97 Å². The minimum atomic E-state index is -0.943. The van der Waals surface area contributed by atoms with Gasteiger partial charge in [0, 0.05) is 5.02 Å². The van der Waals surface area contributed by atoms with Crippen LogP contribution < -0.4 is 0 Å². The van der Waals surface area contributed by atoms with Crippen LogP contribution in [0.1, 0.15) is 23.6 Å². The molecule has 0 heterocycles. The van der Waals surface area contributed by atoms with E-state index >= 15 is 0 Å². The van der Waals surface area contributed by atoms with E-state index in [1.165, 1.54) is 0 Å². The molecule has 1 N–H and O–H groups in total. The van der Waals surface area contributed by atoms with Gasteiger partial charge in [-0.2, -0.15) is 5.26 Å². The number of nitriles is 1. The molecule has 0 aliphatic heterocycles. The first-order valence-electron chi connectivity index (χ1n) is 4.52. The van der Waals surface area contributed by atoms with Gasteiger partial charge in [-0.3, -0.25) is 4.79 Å². The SMILES string of the molecule is CCc1c(C#N)ccc(Cl)c1CC(=O)O. The Labute approximate surface area is 92.9 Å². The van der Waals surface area contributed by atoms with Crippen molar-refractivity contribution in [2.24, 2.45) is 0 Å². The van der Waals surface area contributed by atoms with E-state index in [0.717, 1.165) is 5.56 Å². The van der Waals surface area contributed by atoms with Crippen LogP contribution in [0.5, 0.6) is 0 Å². The van der Waals surface area contributed by atoms with Crippen molar-refractivity contribution in [1.29, 1.82) is 5.26 Å². The van der Waals surface area contributed by atoms with Gasteiger partial charge in [-0.05, 0) is 29.7 Å². The first-order chi connectivity index (χ1) is 7.10. The molecule has 0 atom stereocenters. The van der Waals surface area contributed by atoms with E-state index < -0.39 is 5.97 Å². The van der Waals surface area contributed by atoms with Gasteiger partial charge in [0.25, 0.3) is 0 Å². The minimum Gasteiger partial charge on any atom is -0.481 e. The highest BCUT2D eigenvalue weighted by atomic mass is 35.5. The van der Waals surface area contributed by atoms with Crippen molar-refractivity contribution >= 4 is 17.6 Å². The van der Waals surface area contributed by atoms with E-state index in [2.05, 4.69) is 0 Å². The number of benzene rings is 1. The molecule has 1 rings (SSSR count). The summed E-state index contributed by atoms with van der Waals surface area (Å²) in [5.41, 5.74) is 1.77. The molecule has 0 unspecified atom stereocenters. The maximum absolute atomic E-state index is 10.6. The van der Waals surface area contributed by atoms with E-state index in [1.54, 1.807) is 12.1 Å². The van der Waals surface area contributed by atoms with Crippen LogP contribution in [0, 0.1) is 11.3 Å². The largest absolute Gasteiger partial charge is 0.481 e. The van der Waals surface area contributed by atoms with Crippen molar-refractivity contribution in [2.75, 3.05) is 0 Å². The Balaban J connectivity index is 3.33. The summed E-state index contributed by atoms with van der Waals surface area (Å²) in [5.74, 6) is -0.943. The molecule has 0 saturated heterocycles. The first kappa shape index (κ1) is 11.5. The van der Waals surface area contributed by atoms with Gasteiger partial charge in [-0.25, -0.2) is 0 Å². The summed E-state index contributed by atoms with van der Waals surface area (Å²) in [5, 5.41) is 18.0. The molecule has 0 spiro atoms. The van der Waals surface area contributed by atoms with Crippen LogP contribution >= 0.6 is 11.6 Å². The zero-order chi connectivity index (χ0) is 11.4. The van der Waals surface area contributed by atoms with Crippen molar-refractivity contribution in [1.82, 2.24) is 0 Å². The van der Waals surface area contributed by atoms with Crippen molar-refractivity contribution in [3.63, 3.8) is 0 Å². The summed E-state index contributed by atoms with van der Waals surface area (Å²) < 4.78 is 0. The smallest absolute Gasteiger partial charge is 0.307 e. The zero-order valence-corrected chi connectivity index (χ0v) is 9.01. The third-order valence-corrected chi connectivity index (χ3v) is 2.53. The molecule has 3 nitrogen and oxygen atoms in total. The maximum atomic E-state index is 10.6. The molecule has 0 aliphatic carbocycles. The van der Waals surface area contributed by atoms with Crippen LogP contribution in [0.4, 0.5) is 0 Å². The molecule has 0 amide bonds. The topological polar surface area (TPSA) is 61.1 Å². The number of rotatable bonds is 3. The van der Waals surface area contributed by atoms with Crippen molar-refractivity contribution in [3.05, 3.63) is 33.8 Å². The predicted molar refractivity (Wildman–Crippen MR) is 56.9 cm³/mol. The highest BCUT2D eigenvalue weighted by Crippen LogP contribution is 2.24. The molecule has 1 aromatic carbocycles. The molecule has 0 fully saturated rings. The van der Waals surface area contributed by atoms with Crippen LogP contribution in [0.25, 0.3) is 0 Å². The van der Waals surface area contributed by atoms with Gasteiger partial charge in [0.1, 0.15) is 0 Å². The Morgan fingerprint density at radius 3 is 2.67 bits per heavy atom. The number of carboxylic acid groups (broad SMARTS) is 1. The van der Waals surface area contributed by atoms with Crippen molar-refractivity contribution in [3.8, 4) is 6.07 Å². The highest BCUT2D eigenvalue weighted by Gasteiger charge is 2.13. The lowest BCUT2D eigenvalue weighted by Crippen LogP contribution is -2.05. The quantitative estimate of drug-likeness (QED) is 0.856. The van der Waals surface area contributed by atoms with Crippen LogP contribution in [0.3, 0.4) is 0 Å². The fourth-order valence-electron chi connectivity index (χ4n) is 1.52. The lowest BCUT2D eigenvalue weighted by atomic mass is 9.97. The Morgan fingerprint density at radius 2 is 2.20 bits per heavy atom. The summed E-state index contributed by atoms with van der Waals surface area (Å²) in [7, 11) is 0. The molecular weight excluding hydrogens is 214 g/mol. The van der Waals surface area contributed by atoms with E-state index in [-0.39, 0.29) is 6.42 Å². The Bertz CT molecular complexity index is 435. The summed E-state index contributed by atoms with van der Waals surface area (Å²) in [6.45, 7) is 1.87. The van der Waals surface area contributed by atoms with Crippen molar-refractivity contribution < 1.29 is 9.90 Å². The molecule has 1 aromatic rings. The number of nitrogens with zero attached hydrogens (tertiary/aromatic N) is 1. The van der Waals surface area contributed by atoms with E-state index in [1.807, 2.05) is 13.0 Å². The van der Waals surface area contributed by atoms with Crippen LogP contribution in [0.15, 0.2) is 12.1 Å². The molecule has 0 radical (unpaired) electrons. The third kappa shape index (κ3) is 2.48. The fraction of sp³-hybridized carbons (Fsp3) is 0.273. The number of carboxylic acids is 1. The van der Waals surface area contributed by atoms with Gasteiger partial charge in [-0.1, -0.05) is 18.5 Å². The second-order valence-corrected chi connectivity index (χ2v) is 3.50. The summed E-state index contributed by atoms with van der Waals surface area (Å²) in [4.78, 5) is 10.6. The normalized spacial score (nSPS) is 9.67. The van der Waals surface area contributed by atoms with Crippen LogP contribution in [-0.2, 0) is 17.6 Å². The molecule has 4 heteroatoms. The summed E-state index contributed by atoms with van der Waals surface area (Å²) in [6.07, 6.45) is 0.462. The Hall–Kier alpha value is -1.53. The first-order valence-corrected chi connectivity index (χ1v) is 4.90. The molecular formula is C11H10ClNO2. The van der Waals surface area contributed by atoms with Crippen molar-refractivity contribution in [2.45, 2.75) is 19.8 Å². The monoisotopic (exact) mass is 223 g/mol. The molecule has 0 bridgehead atoms. The van der Waals surface area contributed by atoms with Crippen LogP contribution in [-0.4, -0.2) is 11.1 Å².